The van der Waals surface area contributed by atoms with Crippen molar-refractivity contribution in [2.45, 2.75) is 30.8 Å². The first-order chi connectivity index (χ1) is 20.7. The molecule has 0 fully saturated rings. The highest BCUT2D eigenvalue weighted by molar-refractivity contribution is 8.76. The minimum absolute atomic E-state index is 0.00545. The molecular weight excluding hydrogens is 592 g/mol. The summed E-state index contributed by atoms with van der Waals surface area (Å²) in [6.45, 7) is 0.588. The molecule has 3 heterocycles. The summed E-state index contributed by atoms with van der Waals surface area (Å²) in [6, 6.07) is 12.4. The van der Waals surface area contributed by atoms with Gasteiger partial charge in [0.05, 0.1) is 24.4 Å². The minimum atomic E-state index is -1.13. The first-order valence-electron chi connectivity index (χ1n) is 13.2. The molecule has 0 saturated carbocycles. The van der Waals surface area contributed by atoms with Gasteiger partial charge in [0.25, 0.3) is 0 Å². The number of nitrogen functional groups attached to an aromatic ring is 2. The number of fused-ring (bicyclic) bond motifs is 1. The molecule has 5 N–H and O–H groups in total. The molecule has 15 heteroatoms. The molecule has 0 aliphatic carbocycles. The Morgan fingerprint density at radius 2 is 1.84 bits per heavy atom. The maximum absolute atomic E-state index is 12.9. The third-order valence-corrected chi connectivity index (χ3v) is 8.45. The maximum atomic E-state index is 12.9. The second-order valence-corrected chi connectivity index (χ2v) is 11.8. The van der Waals surface area contributed by atoms with Crippen LogP contribution in [0.1, 0.15) is 35.3 Å². The molecule has 224 valence electrons. The summed E-state index contributed by atoms with van der Waals surface area (Å²) in [7, 11) is 4.84. The monoisotopic (exact) mass is 622 g/mol. The van der Waals surface area contributed by atoms with E-state index in [9.17, 15) is 19.5 Å². The van der Waals surface area contributed by atoms with Crippen molar-refractivity contribution in [2.75, 3.05) is 35.8 Å². The number of ether oxygens (including phenoxy) is 1. The SMILES string of the molecule is CN(Cc1cnc2nc(N)nc(N)c2n1)c1ccc(C(=O)C[C@@H](CCC(=O)OCCSSc2ccccn2)C(=O)O)cc1. The van der Waals surface area contributed by atoms with Crippen molar-refractivity contribution in [3.8, 4) is 0 Å². The van der Waals surface area contributed by atoms with E-state index in [-0.39, 0.29) is 43.4 Å². The van der Waals surface area contributed by atoms with E-state index in [1.807, 2.05) is 30.1 Å². The Kier molecular flexibility index (Phi) is 11.0. The van der Waals surface area contributed by atoms with Gasteiger partial charge in [0.1, 0.15) is 11.6 Å². The highest BCUT2D eigenvalue weighted by Gasteiger charge is 2.23. The van der Waals surface area contributed by atoms with E-state index >= 15 is 0 Å². The fourth-order valence-corrected chi connectivity index (χ4v) is 5.71. The number of carboxylic acids is 1. The Morgan fingerprint density at radius 3 is 2.56 bits per heavy atom. The van der Waals surface area contributed by atoms with Gasteiger partial charge < -0.3 is 26.2 Å². The molecule has 4 rings (SSSR count). The molecular formula is C28H30N8O5S2. The van der Waals surface area contributed by atoms with Crippen molar-refractivity contribution >= 4 is 67.9 Å². The fraction of sp³-hybridized carbons (Fsp3) is 0.286. The Morgan fingerprint density at radius 1 is 1.05 bits per heavy atom. The van der Waals surface area contributed by atoms with E-state index in [0.717, 1.165) is 10.7 Å². The summed E-state index contributed by atoms with van der Waals surface area (Å²) in [5.41, 5.74) is 14.0. The molecule has 0 bridgehead atoms. The minimum Gasteiger partial charge on any atom is -0.481 e. The Balaban J connectivity index is 1.23. The number of hydrogen-bond acceptors (Lipinski definition) is 14. The lowest BCUT2D eigenvalue weighted by atomic mass is 9.94. The van der Waals surface area contributed by atoms with Crippen molar-refractivity contribution in [2.24, 2.45) is 5.92 Å². The molecule has 0 aliphatic heterocycles. The van der Waals surface area contributed by atoms with Crippen molar-refractivity contribution < 1.29 is 24.2 Å². The zero-order chi connectivity index (χ0) is 30.8. The largest absolute Gasteiger partial charge is 0.481 e. The van der Waals surface area contributed by atoms with Gasteiger partial charge in [-0.05, 0) is 53.6 Å². The molecule has 0 unspecified atom stereocenters. The second-order valence-electron chi connectivity index (χ2n) is 9.40. The molecule has 1 aromatic carbocycles. The number of carboxylic acid groups (broad SMARTS) is 1. The molecule has 1 atom stereocenters. The summed E-state index contributed by atoms with van der Waals surface area (Å²) < 4.78 is 5.21. The molecule has 3 aromatic heterocycles. The molecule has 0 saturated heterocycles. The zero-order valence-electron chi connectivity index (χ0n) is 23.3. The third kappa shape index (κ3) is 9.24. The van der Waals surface area contributed by atoms with Crippen LogP contribution in [0.25, 0.3) is 11.2 Å². The first-order valence-corrected chi connectivity index (χ1v) is 15.5. The summed E-state index contributed by atoms with van der Waals surface area (Å²) >= 11 is 0. The molecule has 0 radical (unpaired) electrons. The van der Waals surface area contributed by atoms with Crippen molar-refractivity contribution in [3.05, 3.63) is 66.1 Å². The van der Waals surface area contributed by atoms with E-state index in [4.69, 9.17) is 16.2 Å². The summed E-state index contributed by atoms with van der Waals surface area (Å²) in [5, 5.41) is 10.5. The standard InChI is InChI=1S/C28H30N8O5S2/c1-36(16-19-15-32-26-24(33-19)25(29)34-28(30)35-26)20-8-5-17(6-9-20)21(37)14-18(27(39)40)7-10-23(38)41-12-13-42-43-22-4-2-3-11-31-22/h2-6,8-9,11,15,18H,7,10,12-14,16H2,1H3,(H,39,40)(H4,29,30,32,34,35)/t18-/m1/s1. The van der Waals surface area contributed by atoms with Gasteiger partial charge in [-0.25, -0.2) is 15.0 Å². The number of aliphatic carboxylic acids is 1. The number of pyridine rings is 1. The number of esters is 1. The van der Waals surface area contributed by atoms with E-state index in [1.165, 1.54) is 21.6 Å². The van der Waals surface area contributed by atoms with Crippen molar-refractivity contribution in [3.63, 3.8) is 0 Å². The summed E-state index contributed by atoms with van der Waals surface area (Å²) in [5.74, 6) is -2.23. The van der Waals surface area contributed by atoms with Gasteiger partial charge in [-0.2, -0.15) is 9.97 Å². The van der Waals surface area contributed by atoms with Crippen LogP contribution in [0.2, 0.25) is 0 Å². The van der Waals surface area contributed by atoms with Gasteiger partial charge in [-0.3, -0.25) is 14.4 Å². The predicted octanol–water partition coefficient (Wildman–Crippen LogP) is 3.65. The maximum Gasteiger partial charge on any atom is 0.306 e. The number of nitrogens with two attached hydrogens (primary N) is 2. The van der Waals surface area contributed by atoms with Crippen LogP contribution in [0.3, 0.4) is 0 Å². The van der Waals surface area contributed by atoms with Gasteiger partial charge in [0.2, 0.25) is 5.95 Å². The van der Waals surface area contributed by atoms with Gasteiger partial charge >= 0.3 is 11.9 Å². The lowest BCUT2D eigenvalue weighted by Crippen LogP contribution is -2.20. The third-order valence-electron chi connectivity index (χ3n) is 6.22. The molecule has 13 nitrogen and oxygen atoms in total. The number of nitrogens with zero attached hydrogens (tertiary/aromatic N) is 6. The number of carbonyl (C=O) groups excluding carboxylic acids is 2. The van der Waals surface area contributed by atoms with Gasteiger partial charge in [-0.15, -0.1) is 0 Å². The lowest BCUT2D eigenvalue weighted by Gasteiger charge is -2.19. The average Bonchev–Trinajstić information content (AvgIpc) is 2.99. The van der Waals surface area contributed by atoms with Crippen LogP contribution in [0.4, 0.5) is 17.5 Å². The second kappa shape index (κ2) is 15.1. The highest BCUT2D eigenvalue weighted by Crippen LogP contribution is 2.28. The molecule has 0 amide bonds. The van der Waals surface area contributed by atoms with Crippen LogP contribution in [-0.4, -0.2) is 67.2 Å². The van der Waals surface area contributed by atoms with E-state index < -0.39 is 17.9 Å². The number of ketones is 1. The number of benzene rings is 1. The molecule has 4 aromatic rings. The van der Waals surface area contributed by atoms with Gasteiger partial charge in [0, 0.05) is 43.1 Å². The first kappa shape index (κ1) is 31.4. The van der Waals surface area contributed by atoms with E-state index in [2.05, 4.69) is 24.9 Å². The number of carbonyl (C=O) groups is 3. The van der Waals surface area contributed by atoms with Crippen LogP contribution in [0, 0.1) is 5.92 Å². The van der Waals surface area contributed by atoms with Gasteiger partial charge in [0.15, 0.2) is 22.8 Å². The van der Waals surface area contributed by atoms with Crippen molar-refractivity contribution in [1.29, 1.82) is 0 Å². The summed E-state index contributed by atoms with van der Waals surface area (Å²) in [6.07, 6.45) is 2.97. The quantitative estimate of drug-likeness (QED) is 0.0750. The molecule has 0 aliphatic rings. The Hall–Kier alpha value is -4.50. The fourth-order valence-electron chi connectivity index (χ4n) is 4.00. The van der Waals surface area contributed by atoms with Crippen molar-refractivity contribution in [1.82, 2.24) is 24.9 Å². The Bertz CT molecular complexity index is 1580. The van der Waals surface area contributed by atoms with Crippen LogP contribution in [0.15, 0.2) is 59.9 Å². The number of aromatic nitrogens is 5. The smallest absolute Gasteiger partial charge is 0.306 e. The van der Waals surface area contributed by atoms with Crippen LogP contribution < -0.4 is 16.4 Å². The normalized spacial score (nSPS) is 11.7. The van der Waals surface area contributed by atoms with E-state index in [1.54, 1.807) is 36.7 Å². The number of rotatable bonds is 15. The molecule has 0 spiro atoms. The summed E-state index contributed by atoms with van der Waals surface area (Å²) in [4.78, 5) is 59.6. The van der Waals surface area contributed by atoms with Crippen LogP contribution in [-0.2, 0) is 20.9 Å². The molecule has 43 heavy (non-hydrogen) atoms. The highest BCUT2D eigenvalue weighted by atomic mass is 33.1. The van der Waals surface area contributed by atoms with E-state index in [0.29, 0.717) is 34.7 Å². The Labute approximate surface area is 255 Å². The van der Waals surface area contributed by atoms with Crippen LogP contribution in [0.5, 0.6) is 0 Å². The average molecular weight is 623 g/mol. The zero-order valence-corrected chi connectivity index (χ0v) is 24.9. The predicted molar refractivity (Wildman–Crippen MR) is 165 cm³/mol. The number of Topliss-reactive ketones (excluding diaryl/α,β-unsaturated/α-hetero) is 1. The number of anilines is 3. The lowest BCUT2D eigenvalue weighted by molar-refractivity contribution is -0.145. The van der Waals surface area contributed by atoms with Crippen LogP contribution >= 0.6 is 21.6 Å². The topological polar surface area (TPSA) is 200 Å². The number of hydrogen-bond donors (Lipinski definition) is 3. The van der Waals surface area contributed by atoms with Gasteiger partial charge in [-0.1, -0.05) is 16.9 Å².